The minimum Gasteiger partial charge on any atom is -0.481 e. The number of sulfonamides is 1. The smallest absolute Gasteiger partial charge is 0.417 e. The molecule has 1 aliphatic rings. The number of piperazine rings is 1. The zero-order chi connectivity index (χ0) is 24.7. The van der Waals surface area contributed by atoms with Crippen LogP contribution in [0.4, 0.5) is 27.8 Å². The third kappa shape index (κ3) is 4.93. The normalized spacial score (nSPS) is 20.2. The number of carboxylic acids is 1. The Labute approximate surface area is 186 Å². The summed E-state index contributed by atoms with van der Waals surface area (Å²) in [6, 6.07) is 1.99. The summed E-state index contributed by atoms with van der Waals surface area (Å²) in [6.45, 7) is 3.16. The van der Waals surface area contributed by atoms with E-state index in [-0.39, 0.29) is 18.9 Å². The molecular weight excluding hydrogens is 473 g/mol. The lowest BCUT2D eigenvalue weighted by molar-refractivity contribution is -0.138. The molecule has 1 N–H and O–H groups in total. The van der Waals surface area contributed by atoms with E-state index in [2.05, 4.69) is 4.98 Å². The second kappa shape index (κ2) is 8.86. The van der Waals surface area contributed by atoms with Crippen molar-refractivity contribution in [3.05, 3.63) is 53.2 Å². The van der Waals surface area contributed by atoms with Gasteiger partial charge in [-0.2, -0.15) is 17.5 Å². The van der Waals surface area contributed by atoms with Gasteiger partial charge in [0.05, 0.1) is 12.0 Å². The highest BCUT2D eigenvalue weighted by atomic mass is 32.2. The van der Waals surface area contributed by atoms with Crippen LogP contribution in [0.1, 0.15) is 25.0 Å². The average molecular weight is 493 g/mol. The topological polar surface area (TPSA) is 90.8 Å². The Morgan fingerprint density at radius 3 is 2.21 bits per heavy atom. The van der Waals surface area contributed by atoms with Gasteiger partial charge < -0.3 is 10.0 Å². The van der Waals surface area contributed by atoms with Gasteiger partial charge in [0.15, 0.2) is 0 Å². The maximum Gasteiger partial charge on any atom is 0.417 e. The van der Waals surface area contributed by atoms with Crippen molar-refractivity contribution in [2.75, 3.05) is 18.0 Å². The Bertz CT molecular complexity index is 1140. The van der Waals surface area contributed by atoms with Gasteiger partial charge in [-0.05, 0) is 38.1 Å². The molecule has 0 aliphatic carbocycles. The zero-order valence-corrected chi connectivity index (χ0v) is 18.3. The maximum atomic E-state index is 14.9. The number of benzene rings is 1. The summed E-state index contributed by atoms with van der Waals surface area (Å²) in [4.78, 5) is 15.5. The van der Waals surface area contributed by atoms with Gasteiger partial charge in [0.2, 0.25) is 10.0 Å². The first-order chi connectivity index (χ1) is 15.2. The lowest BCUT2D eigenvalue weighted by Crippen LogP contribution is -2.58. The molecule has 33 heavy (non-hydrogen) atoms. The molecule has 2 atom stereocenters. The van der Waals surface area contributed by atoms with Gasteiger partial charge in [-0.25, -0.2) is 22.2 Å². The summed E-state index contributed by atoms with van der Waals surface area (Å²) in [6.07, 6.45) is -4.89. The molecule has 2 heterocycles. The fourth-order valence-electron chi connectivity index (χ4n) is 3.91. The Morgan fingerprint density at radius 2 is 1.73 bits per heavy atom. The Morgan fingerprint density at radius 1 is 1.12 bits per heavy atom. The number of nitrogens with zero attached hydrogens (tertiary/aromatic N) is 3. The van der Waals surface area contributed by atoms with Crippen LogP contribution in [0.3, 0.4) is 0 Å². The van der Waals surface area contributed by atoms with Crippen LogP contribution in [0.15, 0.2) is 35.4 Å². The molecule has 7 nitrogen and oxygen atoms in total. The molecule has 0 unspecified atom stereocenters. The van der Waals surface area contributed by atoms with Crippen molar-refractivity contribution in [1.29, 1.82) is 0 Å². The fraction of sp³-hybridized carbons (Fsp3) is 0.400. The molecule has 0 saturated carbocycles. The van der Waals surface area contributed by atoms with Crippen molar-refractivity contribution in [3.63, 3.8) is 0 Å². The van der Waals surface area contributed by atoms with Crippen LogP contribution in [-0.4, -0.2) is 54.0 Å². The van der Waals surface area contributed by atoms with E-state index < -0.39 is 68.3 Å². The Hall–Kier alpha value is -2.80. The summed E-state index contributed by atoms with van der Waals surface area (Å²) in [7, 11) is -4.49. The number of aromatic nitrogens is 1. The molecule has 1 aromatic carbocycles. The molecule has 0 spiro atoms. The molecule has 2 aromatic rings. The standard InChI is InChI=1S/C20H20F5N3O4S/c1-11-9-27(17-6-3-13(8-26-17)20(23,24)25)10-12(2)28(11)33(31,32)16-5-4-15(21)14(19(16)22)7-18(29)30/h3-6,8,11-12H,7,9-10H2,1-2H3,(H,29,30)/t11-,12+. The molecule has 180 valence electrons. The monoisotopic (exact) mass is 493 g/mol. The second-order valence-electron chi connectivity index (χ2n) is 7.75. The van der Waals surface area contributed by atoms with Crippen molar-refractivity contribution >= 4 is 21.8 Å². The van der Waals surface area contributed by atoms with E-state index in [1.165, 1.54) is 19.9 Å². The highest BCUT2D eigenvalue weighted by molar-refractivity contribution is 7.89. The van der Waals surface area contributed by atoms with Crippen LogP contribution in [0.25, 0.3) is 0 Å². The van der Waals surface area contributed by atoms with E-state index in [1.54, 1.807) is 4.90 Å². The first-order valence-electron chi connectivity index (χ1n) is 9.74. The number of aliphatic carboxylic acids is 1. The van der Waals surface area contributed by atoms with Gasteiger partial charge in [0.1, 0.15) is 22.3 Å². The number of rotatable bonds is 5. The van der Waals surface area contributed by atoms with Crippen molar-refractivity contribution in [1.82, 2.24) is 9.29 Å². The number of pyridine rings is 1. The van der Waals surface area contributed by atoms with Gasteiger partial charge in [-0.15, -0.1) is 0 Å². The SMILES string of the molecule is C[C@@H]1CN(c2ccc(C(F)(F)F)cn2)C[C@H](C)N1S(=O)(=O)c1ccc(F)c(CC(=O)O)c1F. The Balaban J connectivity index is 1.89. The van der Waals surface area contributed by atoms with Crippen molar-refractivity contribution < 1.29 is 40.3 Å². The molecule has 1 aliphatic heterocycles. The van der Waals surface area contributed by atoms with Crippen LogP contribution in [0.5, 0.6) is 0 Å². The number of halogens is 5. The van der Waals surface area contributed by atoms with Crippen molar-refractivity contribution in [2.24, 2.45) is 0 Å². The van der Waals surface area contributed by atoms with E-state index in [9.17, 15) is 35.2 Å². The first kappa shape index (κ1) is 24.8. The van der Waals surface area contributed by atoms with Crippen LogP contribution >= 0.6 is 0 Å². The van der Waals surface area contributed by atoms with Crippen LogP contribution < -0.4 is 4.90 Å². The maximum absolute atomic E-state index is 14.9. The predicted molar refractivity (Wildman–Crippen MR) is 107 cm³/mol. The molecule has 3 rings (SSSR count). The quantitative estimate of drug-likeness (QED) is 0.643. The van der Waals surface area contributed by atoms with E-state index in [0.29, 0.717) is 12.3 Å². The number of carbonyl (C=O) groups is 1. The van der Waals surface area contributed by atoms with E-state index >= 15 is 0 Å². The molecule has 1 saturated heterocycles. The molecular formula is C20H20F5N3O4S. The highest BCUT2D eigenvalue weighted by Gasteiger charge is 2.41. The highest BCUT2D eigenvalue weighted by Crippen LogP contribution is 2.32. The number of hydrogen-bond acceptors (Lipinski definition) is 5. The largest absolute Gasteiger partial charge is 0.481 e. The predicted octanol–water partition coefficient (Wildman–Crippen LogP) is 3.29. The van der Waals surface area contributed by atoms with Crippen molar-refractivity contribution in [2.45, 2.75) is 43.4 Å². The second-order valence-corrected chi connectivity index (χ2v) is 9.56. The molecule has 1 aromatic heterocycles. The summed E-state index contributed by atoms with van der Waals surface area (Å²) < 4.78 is 94.6. The first-order valence-corrected chi connectivity index (χ1v) is 11.2. The number of hydrogen-bond donors (Lipinski definition) is 1. The van der Waals surface area contributed by atoms with Crippen LogP contribution in [0, 0.1) is 11.6 Å². The van der Waals surface area contributed by atoms with E-state index in [0.717, 1.165) is 16.4 Å². The summed E-state index contributed by atoms with van der Waals surface area (Å²) in [5.41, 5.74) is -1.78. The molecule has 0 bridgehead atoms. The summed E-state index contributed by atoms with van der Waals surface area (Å²) >= 11 is 0. The zero-order valence-electron chi connectivity index (χ0n) is 17.5. The summed E-state index contributed by atoms with van der Waals surface area (Å²) in [5.74, 6) is -3.95. The van der Waals surface area contributed by atoms with E-state index in [1.807, 2.05) is 0 Å². The lowest BCUT2D eigenvalue weighted by atomic mass is 10.1. The van der Waals surface area contributed by atoms with Gasteiger partial charge in [-0.3, -0.25) is 4.79 Å². The molecule has 0 amide bonds. The van der Waals surface area contributed by atoms with Gasteiger partial charge in [0.25, 0.3) is 0 Å². The minimum atomic E-state index is -4.54. The van der Waals surface area contributed by atoms with Crippen LogP contribution in [-0.2, 0) is 27.4 Å². The average Bonchev–Trinajstić information content (AvgIpc) is 2.69. The van der Waals surface area contributed by atoms with Gasteiger partial charge >= 0.3 is 12.1 Å². The molecule has 1 fully saturated rings. The third-order valence-corrected chi connectivity index (χ3v) is 7.42. The third-order valence-electron chi connectivity index (χ3n) is 5.27. The molecule has 0 radical (unpaired) electrons. The van der Waals surface area contributed by atoms with Crippen LogP contribution in [0.2, 0.25) is 0 Å². The van der Waals surface area contributed by atoms with Gasteiger partial charge in [-0.1, -0.05) is 0 Å². The van der Waals surface area contributed by atoms with E-state index in [4.69, 9.17) is 5.11 Å². The summed E-state index contributed by atoms with van der Waals surface area (Å²) in [5, 5.41) is 8.87. The minimum absolute atomic E-state index is 0.0483. The number of alkyl halides is 3. The van der Waals surface area contributed by atoms with Crippen molar-refractivity contribution in [3.8, 4) is 0 Å². The van der Waals surface area contributed by atoms with Gasteiger partial charge in [0, 0.05) is 36.9 Å². The molecule has 13 heteroatoms. The Kier molecular flexibility index (Phi) is 6.67. The number of anilines is 1. The fourth-order valence-corrected chi connectivity index (χ4v) is 5.81. The number of carboxylic acid groups (broad SMARTS) is 1. The lowest BCUT2D eigenvalue weighted by Gasteiger charge is -2.43.